The summed E-state index contributed by atoms with van der Waals surface area (Å²) in [6.07, 6.45) is -0.357. The second-order valence-electron chi connectivity index (χ2n) is 3.76. The first-order chi connectivity index (χ1) is 7.09. The van der Waals surface area contributed by atoms with E-state index in [-0.39, 0.29) is 16.7 Å². The van der Waals surface area contributed by atoms with Gasteiger partial charge in [0, 0.05) is 19.2 Å². The number of benzene rings is 1. The van der Waals surface area contributed by atoms with Crippen molar-refractivity contribution in [1.29, 1.82) is 0 Å². The summed E-state index contributed by atoms with van der Waals surface area (Å²) in [6.45, 7) is 2.80. The third-order valence-electron chi connectivity index (χ3n) is 2.59. The van der Waals surface area contributed by atoms with Crippen molar-refractivity contribution in [3.05, 3.63) is 33.9 Å². The van der Waals surface area contributed by atoms with Crippen molar-refractivity contribution < 1.29 is 10.0 Å². The Morgan fingerprint density at radius 2 is 2.20 bits per heavy atom. The van der Waals surface area contributed by atoms with Crippen LogP contribution in [0, 0.1) is 17.0 Å². The first-order valence-electron chi connectivity index (χ1n) is 4.76. The van der Waals surface area contributed by atoms with E-state index in [4.69, 9.17) is 0 Å². The first kappa shape index (κ1) is 9.92. The lowest BCUT2D eigenvalue weighted by molar-refractivity contribution is -0.384. The summed E-state index contributed by atoms with van der Waals surface area (Å²) >= 11 is 0. The molecule has 5 heteroatoms. The van der Waals surface area contributed by atoms with E-state index >= 15 is 0 Å². The van der Waals surface area contributed by atoms with Gasteiger partial charge in [-0.1, -0.05) is 12.1 Å². The van der Waals surface area contributed by atoms with Crippen LogP contribution in [0.5, 0.6) is 0 Å². The molecule has 0 amide bonds. The van der Waals surface area contributed by atoms with Gasteiger partial charge in [0.2, 0.25) is 0 Å². The van der Waals surface area contributed by atoms with Gasteiger partial charge in [0.25, 0.3) is 5.69 Å². The Hall–Kier alpha value is -1.62. The van der Waals surface area contributed by atoms with E-state index in [0.29, 0.717) is 18.8 Å². The standard InChI is InChI=1S/C10H12N2O3/c1-7-3-2-4-9(12(14)15)10(7)11-5-8(13)6-11/h2-4,8,13H,5-6H2,1H3. The molecule has 1 heterocycles. The summed E-state index contributed by atoms with van der Waals surface area (Å²) in [5.74, 6) is 0. The van der Waals surface area contributed by atoms with E-state index < -0.39 is 0 Å². The smallest absolute Gasteiger partial charge is 0.292 e. The Kier molecular flexibility index (Phi) is 2.32. The monoisotopic (exact) mass is 208 g/mol. The van der Waals surface area contributed by atoms with Crippen molar-refractivity contribution in [3.8, 4) is 0 Å². The van der Waals surface area contributed by atoms with Crippen molar-refractivity contribution >= 4 is 11.4 Å². The topological polar surface area (TPSA) is 66.6 Å². The first-order valence-corrected chi connectivity index (χ1v) is 4.76. The predicted octanol–water partition coefficient (Wildman–Crippen LogP) is 1.08. The fraction of sp³-hybridized carbons (Fsp3) is 0.400. The van der Waals surface area contributed by atoms with Crippen LogP contribution in [-0.2, 0) is 0 Å². The minimum Gasteiger partial charge on any atom is -0.389 e. The van der Waals surface area contributed by atoms with Gasteiger partial charge in [0.05, 0.1) is 11.0 Å². The van der Waals surface area contributed by atoms with Crippen LogP contribution < -0.4 is 4.90 Å². The average Bonchev–Trinajstić information content (AvgIpc) is 2.13. The quantitative estimate of drug-likeness (QED) is 0.583. The summed E-state index contributed by atoms with van der Waals surface area (Å²) < 4.78 is 0. The largest absolute Gasteiger partial charge is 0.389 e. The lowest BCUT2D eigenvalue weighted by Crippen LogP contribution is -2.51. The predicted molar refractivity (Wildman–Crippen MR) is 56.1 cm³/mol. The van der Waals surface area contributed by atoms with E-state index in [0.717, 1.165) is 5.56 Å². The van der Waals surface area contributed by atoms with Crippen LogP contribution in [0.25, 0.3) is 0 Å². The highest BCUT2D eigenvalue weighted by molar-refractivity contribution is 5.68. The van der Waals surface area contributed by atoms with Gasteiger partial charge in [-0.15, -0.1) is 0 Å². The van der Waals surface area contributed by atoms with Gasteiger partial charge >= 0.3 is 0 Å². The number of nitrogens with zero attached hydrogens (tertiary/aromatic N) is 2. The molecule has 0 saturated carbocycles. The molecule has 1 N–H and O–H groups in total. The molecule has 1 saturated heterocycles. The zero-order chi connectivity index (χ0) is 11.0. The molecule has 0 radical (unpaired) electrons. The lowest BCUT2D eigenvalue weighted by Gasteiger charge is -2.38. The highest BCUT2D eigenvalue weighted by Gasteiger charge is 2.30. The molecule has 80 valence electrons. The molecule has 2 rings (SSSR count). The number of rotatable bonds is 2. The molecule has 1 aromatic carbocycles. The van der Waals surface area contributed by atoms with Crippen molar-refractivity contribution in [2.24, 2.45) is 0 Å². The molecule has 0 unspecified atom stereocenters. The van der Waals surface area contributed by atoms with Gasteiger partial charge in [0.1, 0.15) is 5.69 Å². The van der Waals surface area contributed by atoms with E-state index in [1.807, 2.05) is 17.9 Å². The Morgan fingerprint density at radius 3 is 2.73 bits per heavy atom. The van der Waals surface area contributed by atoms with Crippen molar-refractivity contribution in [3.63, 3.8) is 0 Å². The minimum atomic E-state index is -0.382. The maximum Gasteiger partial charge on any atom is 0.292 e. The number of anilines is 1. The number of aliphatic hydroxyl groups is 1. The van der Waals surface area contributed by atoms with E-state index in [1.165, 1.54) is 6.07 Å². The fourth-order valence-electron chi connectivity index (χ4n) is 1.84. The van der Waals surface area contributed by atoms with Gasteiger partial charge in [-0.3, -0.25) is 10.1 Å². The van der Waals surface area contributed by atoms with E-state index in [2.05, 4.69) is 0 Å². The summed E-state index contributed by atoms with van der Waals surface area (Å²) in [5.41, 5.74) is 1.62. The number of aliphatic hydroxyl groups excluding tert-OH is 1. The summed E-state index contributed by atoms with van der Waals surface area (Å²) in [6, 6.07) is 5.01. The van der Waals surface area contributed by atoms with Crippen LogP contribution in [0.15, 0.2) is 18.2 Å². The minimum absolute atomic E-state index is 0.113. The molecular weight excluding hydrogens is 196 g/mol. The van der Waals surface area contributed by atoms with Crippen LogP contribution in [0.3, 0.4) is 0 Å². The van der Waals surface area contributed by atoms with Crippen LogP contribution in [0.2, 0.25) is 0 Å². The average molecular weight is 208 g/mol. The Morgan fingerprint density at radius 1 is 1.53 bits per heavy atom. The number of nitro benzene ring substituents is 1. The fourth-order valence-corrected chi connectivity index (χ4v) is 1.84. The highest BCUT2D eigenvalue weighted by Crippen LogP contribution is 2.34. The van der Waals surface area contributed by atoms with Crippen molar-refractivity contribution in [2.45, 2.75) is 13.0 Å². The van der Waals surface area contributed by atoms with Gasteiger partial charge in [-0.25, -0.2) is 0 Å². The summed E-state index contributed by atoms with van der Waals surface area (Å²) in [4.78, 5) is 12.3. The molecule has 0 atom stereocenters. The molecule has 5 nitrogen and oxygen atoms in total. The maximum atomic E-state index is 10.8. The molecule has 0 spiro atoms. The Bertz CT molecular complexity index is 400. The molecule has 1 fully saturated rings. The van der Waals surface area contributed by atoms with Crippen LogP contribution in [0.1, 0.15) is 5.56 Å². The van der Waals surface area contributed by atoms with Gasteiger partial charge in [-0.2, -0.15) is 0 Å². The Labute approximate surface area is 87.1 Å². The molecule has 1 aliphatic heterocycles. The summed E-state index contributed by atoms with van der Waals surface area (Å²) in [5, 5.41) is 20.0. The van der Waals surface area contributed by atoms with Crippen LogP contribution >= 0.6 is 0 Å². The zero-order valence-electron chi connectivity index (χ0n) is 8.38. The number of para-hydroxylation sites is 1. The molecule has 1 aliphatic rings. The van der Waals surface area contributed by atoms with Gasteiger partial charge in [-0.05, 0) is 12.5 Å². The van der Waals surface area contributed by atoms with Crippen molar-refractivity contribution in [1.82, 2.24) is 0 Å². The molecule has 0 bridgehead atoms. The third-order valence-corrected chi connectivity index (χ3v) is 2.59. The molecule has 1 aromatic rings. The maximum absolute atomic E-state index is 10.8. The second kappa shape index (κ2) is 3.51. The number of hydrogen-bond donors (Lipinski definition) is 1. The molecular formula is C10H12N2O3. The third kappa shape index (κ3) is 1.66. The second-order valence-corrected chi connectivity index (χ2v) is 3.76. The van der Waals surface area contributed by atoms with Crippen molar-refractivity contribution in [2.75, 3.05) is 18.0 Å². The summed E-state index contributed by atoms with van der Waals surface area (Å²) in [7, 11) is 0. The zero-order valence-corrected chi connectivity index (χ0v) is 8.38. The number of aryl methyl sites for hydroxylation is 1. The SMILES string of the molecule is Cc1cccc([N+](=O)[O-])c1N1CC(O)C1. The highest BCUT2D eigenvalue weighted by atomic mass is 16.6. The van der Waals surface area contributed by atoms with Gasteiger partial charge in [0.15, 0.2) is 0 Å². The molecule has 0 aliphatic carbocycles. The van der Waals surface area contributed by atoms with Crippen LogP contribution in [-0.4, -0.2) is 29.2 Å². The van der Waals surface area contributed by atoms with Gasteiger partial charge < -0.3 is 10.0 Å². The molecule has 15 heavy (non-hydrogen) atoms. The number of β-amino-alcohol motifs (C(OH)–C–C–N with tert-alkyl or cyclic N) is 1. The van der Waals surface area contributed by atoms with E-state index in [1.54, 1.807) is 6.07 Å². The van der Waals surface area contributed by atoms with E-state index in [9.17, 15) is 15.2 Å². The van der Waals surface area contributed by atoms with Crippen LogP contribution in [0.4, 0.5) is 11.4 Å². The number of nitro groups is 1. The normalized spacial score (nSPS) is 16.3. The number of hydrogen-bond acceptors (Lipinski definition) is 4. The lowest BCUT2D eigenvalue weighted by atomic mass is 10.1. The molecule has 0 aromatic heterocycles. The Balaban J connectivity index is 2.39.